The van der Waals surface area contributed by atoms with Crippen LogP contribution < -0.4 is 11.1 Å². The van der Waals surface area contributed by atoms with Crippen LogP contribution in [0.4, 0.5) is 11.4 Å². The summed E-state index contributed by atoms with van der Waals surface area (Å²) in [5.41, 5.74) is 5.80. The first kappa shape index (κ1) is 13.8. The Morgan fingerprint density at radius 2 is 2.15 bits per heavy atom. The normalized spacial score (nSPS) is 15.4. The average Bonchev–Trinajstić information content (AvgIpc) is 2.63. The van der Waals surface area contributed by atoms with E-state index in [1.54, 1.807) is 0 Å². The molecule has 0 atom stereocenters. The van der Waals surface area contributed by atoms with Gasteiger partial charge in [0.1, 0.15) is 0 Å². The van der Waals surface area contributed by atoms with Crippen LogP contribution in [0.2, 0.25) is 0 Å². The first-order chi connectivity index (χ1) is 9.49. The number of hydrogen-bond donors (Lipinski definition) is 2. The van der Waals surface area contributed by atoms with Crippen LogP contribution in [0.3, 0.4) is 0 Å². The number of nitrogens with two attached hydrogens (primary N) is 1. The van der Waals surface area contributed by atoms with E-state index in [0.29, 0.717) is 13.1 Å². The summed E-state index contributed by atoms with van der Waals surface area (Å²) >= 11 is 0. The van der Waals surface area contributed by atoms with Gasteiger partial charge < -0.3 is 16.0 Å². The fourth-order valence-electron chi connectivity index (χ4n) is 1.98. The maximum absolute atomic E-state index is 12.3. The summed E-state index contributed by atoms with van der Waals surface area (Å²) in [7, 11) is 0. The summed E-state index contributed by atoms with van der Waals surface area (Å²) in [6, 6.07) is 3.75. The Morgan fingerprint density at radius 3 is 2.85 bits per heavy atom. The van der Waals surface area contributed by atoms with Crippen molar-refractivity contribution in [3.8, 4) is 0 Å². The molecule has 8 nitrogen and oxygen atoms in total. The Hall–Kier alpha value is -2.64. The van der Waals surface area contributed by atoms with Crippen molar-refractivity contribution in [1.82, 2.24) is 10.2 Å². The van der Waals surface area contributed by atoms with Gasteiger partial charge >= 0.3 is 0 Å². The average molecular weight is 278 g/mol. The van der Waals surface area contributed by atoms with Gasteiger partial charge in [-0.1, -0.05) is 0 Å². The summed E-state index contributed by atoms with van der Waals surface area (Å²) in [6.45, 7) is 0.985. The predicted octanol–water partition coefficient (Wildman–Crippen LogP) is 0.139. The molecule has 106 valence electrons. The zero-order valence-electron chi connectivity index (χ0n) is 10.7. The van der Waals surface area contributed by atoms with E-state index in [1.165, 1.54) is 17.0 Å². The first-order valence-corrected chi connectivity index (χ1v) is 6.09. The van der Waals surface area contributed by atoms with Gasteiger partial charge in [-0.2, -0.15) is 0 Å². The van der Waals surface area contributed by atoms with Crippen molar-refractivity contribution in [2.75, 3.05) is 25.4 Å². The maximum atomic E-state index is 12.3. The molecule has 0 radical (unpaired) electrons. The Bertz CT molecular complexity index is 573. The number of carbonyl (C=O) groups is 2. The van der Waals surface area contributed by atoms with Crippen molar-refractivity contribution in [2.24, 2.45) is 0 Å². The lowest BCUT2D eigenvalue weighted by molar-refractivity contribution is -0.384. The van der Waals surface area contributed by atoms with Crippen molar-refractivity contribution in [1.29, 1.82) is 0 Å². The number of nitrogens with zero attached hydrogens (tertiary/aromatic N) is 2. The van der Waals surface area contributed by atoms with Gasteiger partial charge in [0, 0.05) is 43.9 Å². The summed E-state index contributed by atoms with van der Waals surface area (Å²) in [6.07, 6.45) is 0.209. The van der Waals surface area contributed by atoms with E-state index in [0.717, 1.165) is 6.07 Å². The van der Waals surface area contributed by atoms with Crippen molar-refractivity contribution in [3.05, 3.63) is 33.9 Å². The van der Waals surface area contributed by atoms with Gasteiger partial charge in [-0.05, 0) is 6.07 Å². The van der Waals surface area contributed by atoms with Crippen LogP contribution in [-0.2, 0) is 4.79 Å². The van der Waals surface area contributed by atoms with Crippen molar-refractivity contribution >= 4 is 23.2 Å². The number of nitrogens with one attached hydrogen (secondary N) is 1. The molecule has 1 aromatic carbocycles. The highest BCUT2D eigenvalue weighted by Crippen LogP contribution is 2.21. The molecule has 1 aliphatic heterocycles. The minimum Gasteiger partial charge on any atom is -0.398 e. The molecule has 1 heterocycles. The second kappa shape index (κ2) is 5.55. The summed E-state index contributed by atoms with van der Waals surface area (Å²) in [5, 5.41) is 13.4. The van der Waals surface area contributed by atoms with E-state index in [2.05, 4.69) is 5.32 Å². The van der Waals surface area contributed by atoms with E-state index < -0.39 is 10.8 Å². The van der Waals surface area contributed by atoms with Crippen molar-refractivity contribution in [2.45, 2.75) is 6.42 Å². The van der Waals surface area contributed by atoms with Crippen LogP contribution in [0, 0.1) is 10.1 Å². The van der Waals surface area contributed by atoms with Crippen molar-refractivity contribution < 1.29 is 14.5 Å². The molecule has 3 N–H and O–H groups in total. The smallest absolute Gasteiger partial charge is 0.270 e. The minimum atomic E-state index is -0.580. The molecule has 8 heteroatoms. The Labute approximate surface area is 114 Å². The number of amides is 2. The SMILES string of the molecule is Nc1ccc([N+](=O)[O-])cc1C(=O)N1CCNC(=O)CC1. The Kier molecular flexibility index (Phi) is 3.83. The highest BCUT2D eigenvalue weighted by atomic mass is 16.6. The van der Waals surface area contributed by atoms with Gasteiger partial charge in [0.15, 0.2) is 0 Å². The molecule has 2 rings (SSSR count). The van der Waals surface area contributed by atoms with Gasteiger partial charge in [0.05, 0.1) is 10.5 Å². The van der Waals surface area contributed by atoms with Gasteiger partial charge in [-0.3, -0.25) is 19.7 Å². The van der Waals surface area contributed by atoms with Crippen LogP contribution in [0.5, 0.6) is 0 Å². The second-order valence-electron chi connectivity index (χ2n) is 4.42. The highest BCUT2D eigenvalue weighted by molar-refractivity contribution is 6.00. The third-order valence-electron chi connectivity index (χ3n) is 3.08. The fourth-order valence-corrected chi connectivity index (χ4v) is 1.98. The molecule has 2 amide bonds. The molecular formula is C12H14N4O4. The number of benzene rings is 1. The number of nitro groups is 1. The molecule has 0 spiro atoms. The van der Waals surface area contributed by atoms with Gasteiger partial charge in [0.2, 0.25) is 5.91 Å². The van der Waals surface area contributed by atoms with Crippen LogP contribution in [0.25, 0.3) is 0 Å². The number of nitrogen functional groups attached to an aromatic ring is 1. The number of carbonyl (C=O) groups excluding carboxylic acids is 2. The minimum absolute atomic E-state index is 0.0912. The highest BCUT2D eigenvalue weighted by Gasteiger charge is 2.23. The third kappa shape index (κ3) is 2.85. The molecule has 1 aromatic rings. The number of non-ortho nitro benzene ring substituents is 1. The Morgan fingerprint density at radius 1 is 1.40 bits per heavy atom. The molecule has 0 unspecified atom stereocenters. The largest absolute Gasteiger partial charge is 0.398 e. The predicted molar refractivity (Wildman–Crippen MR) is 71.0 cm³/mol. The number of nitro benzene ring substituents is 1. The van der Waals surface area contributed by atoms with Crippen LogP contribution in [-0.4, -0.2) is 41.3 Å². The maximum Gasteiger partial charge on any atom is 0.270 e. The zero-order valence-corrected chi connectivity index (χ0v) is 10.7. The van der Waals surface area contributed by atoms with E-state index >= 15 is 0 Å². The zero-order chi connectivity index (χ0) is 14.7. The molecule has 20 heavy (non-hydrogen) atoms. The molecule has 0 aliphatic carbocycles. The number of rotatable bonds is 2. The monoisotopic (exact) mass is 278 g/mol. The van der Waals surface area contributed by atoms with Crippen LogP contribution >= 0.6 is 0 Å². The van der Waals surface area contributed by atoms with E-state index in [4.69, 9.17) is 5.73 Å². The molecular weight excluding hydrogens is 264 g/mol. The molecule has 1 aliphatic rings. The molecule has 1 saturated heterocycles. The van der Waals surface area contributed by atoms with Crippen LogP contribution in [0.1, 0.15) is 16.8 Å². The molecule has 0 aromatic heterocycles. The summed E-state index contributed by atoms with van der Waals surface area (Å²) in [5.74, 6) is -0.519. The first-order valence-electron chi connectivity index (χ1n) is 6.09. The molecule has 0 bridgehead atoms. The van der Waals surface area contributed by atoms with E-state index in [1.807, 2.05) is 0 Å². The van der Waals surface area contributed by atoms with Gasteiger partial charge in [-0.25, -0.2) is 0 Å². The summed E-state index contributed by atoms with van der Waals surface area (Å²) < 4.78 is 0. The standard InChI is InChI=1S/C12H14N4O4/c13-10-2-1-8(16(19)20)7-9(10)12(18)15-5-3-11(17)14-4-6-15/h1-2,7H,3-6,13H2,(H,14,17). The van der Waals surface area contributed by atoms with Crippen molar-refractivity contribution in [3.63, 3.8) is 0 Å². The van der Waals surface area contributed by atoms with Gasteiger partial charge in [0.25, 0.3) is 11.6 Å². The number of anilines is 1. The summed E-state index contributed by atoms with van der Waals surface area (Å²) in [4.78, 5) is 35.2. The van der Waals surface area contributed by atoms with Gasteiger partial charge in [-0.15, -0.1) is 0 Å². The third-order valence-corrected chi connectivity index (χ3v) is 3.08. The van der Waals surface area contributed by atoms with E-state index in [-0.39, 0.29) is 35.8 Å². The lowest BCUT2D eigenvalue weighted by atomic mass is 10.1. The fraction of sp³-hybridized carbons (Fsp3) is 0.333. The lowest BCUT2D eigenvalue weighted by Crippen LogP contribution is -2.34. The number of hydrogen-bond acceptors (Lipinski definition) is 5. The second-order valence-corrected chi connectivity index (χ2v) is 4.42. The molecule has 1 fully saturated rings. The topological polar surface area (TPSA) is 119 Å². The lowest BCUT2D eigenvalue weighted by Gasteiger charge is -2.20. The van der Waals surface area contributed by atoms with E-state index in [9.17, 15) is 19.7 Å². The Balaban J connectivity index is 2.25. The van der Waals surface area contributed by atoms with Crippen LogP contribution in [0.15, 0.2) is 18.2 Å². The quantitative estimate of drug-likeness (QED) is 0.453. The molecule has 0 saturated carbocycles.